The Hall–Kier alpha value is -2.83. The monoisotopic (exact) mass is 397 g/mol. The van der Waals surface area contributed by atoms with Gasteiger partial charge in [-0.3, -0.25) is 4.68 Å². The van der Waals surface area contributed by atoms with E-state index in [4.69, 9.17) is 9.41 Å². The Kier molecular flexibility index (Phi) is 5.56. The lowest BCUT2D eigenvalue weighted by Crippen LogP contribution is -2.40. The van der Waals surface area contributed by atoms with Gasteiger partial charge in [0.05, 0.1) is 6.20 Å². The number of fused-ring (bicyclic) bond motifs is 1. The Bertz CT molecular complexity index is 1020. The van der Waals surface area contributed by atoms with E-state index in [2.05, 4.69) is 28.4 Å². The maximum absolute atomic E-state index is 13.5. The summed E-state index contributed by atoms with van der Waals surface area (Å²) in [4.78, 5) is 7.14. The van der Waals surface area contributed by atoms with Crippen molar-refractivity contribution < 1.29 is 8.81 Å². The molecule has 1 atom stereocenters. The summed E-state index contributed by atoms with van der Waals surface area (Å²) in [7, 11) is 1.95. The number of hydrogen-bond donors (Lipinski definition) is 1. The van der Waals surface area contributed by atoms with Crippen LogP contribution in [0.15, 0.2) is 40.0 Å². The van der Waals surface area contributed by atoms with Crippen molar-refractivity contribution in [2.75, 3.05) is 19.6 Å². The number of hydrogen-bond acceptors (Lipinski definition) is 3. The lowest BCUT2D eigenvalue weighted by atomic mass is 10.0. The molecule has 1 aliphatic rings. The van der Waals surface area contributed by atoms with E-state index in [0.29, 0.717) is 18.0 Å². The zero-order chi connectivity index (χ0) is 20.4. The van der Waals surface area contributed by atoms with Crippen molar-refractivity contribution in [1.29, 1.82) is 0 Å². The van der Waals surface area contributed by atoms with Gasteiger partial charge in [-0.2, -0.15) is 5.10 Å². The Morgan fingerprint density at radius 2 is 2.28 bits per heavy atom. The summed E-state index contributed by atoms with van der Waals surface area (Å²) in [5, 5.41) is 8.49. The molecule has 0 amide bonds. The second-order valence-electron chi connectivity index (χ2n) is 7.79. The second kappa shape index (κ2) is 8.27. The zero-order valence-corrected chi connectivity index (χ0v) is 17.3. The number of aryl methyl sites for hydroxylation is 2. The number of aromatic nitrogens is 2. The SMILES string of the molecule is CCNC(=NCc1oc2ccc(F)cc2c1C)N1CCC(Cc2cnn(C)c2)C1. The molecule has 6 nitrogen and oxygen atoms in total. The van der Waals surface area contributed by atoms with Gasteiger partial charge >= 0.3 is 0 Å². The van der Waals surface area contributed by atoms with E-state index in [1.807, 2.05) is 24.9 Å². The van der Waals surface area contributed by atoms with Gasteiger partial charge in [0.2, 0.25) is 0 Å². The van der Waals surface area contributed by atoms with Gasteiger partial charge in [-0.25, -0.2) is 9.38 Å². The molecule has 7 heteroatoms. The van der Waals surface area contributed by atoms with Crippen LogP contribution in [0.5, 0.6) is 0 Å². The minimum absolute atomic E-state index is 0.249. The molecular weight excluding hydrogens is 369 g/mol. The molecule has 4 rings (SSSR count). The minimum atomic E-state index is -0.249. The molecule has 2 aromatic heterocycles. The highest BCUT2D eigenvalue weighted by molar-refractivity contribution is 5.83. The molecule has 29 heavy (non-hydrogen) atoms. The van der Waals surface area contributed by atoms with Crippen LogP contribution in [0.4, 0.5) is 4.39 Å². The quantitative estimate of drug-likeness (QED) is 0.527. The van der Waals surface area contributed by atoms with Crippen molar-refractivity contribution >= 4 is 16.9 Å². The lowest BCUT2D eigenvalue weighted by molar-refractivity contribution is 0.457. The first-order chi connectivity index (χ1) is 14.0. The van der Waals surface area contributed by atoms with Crippen LogP contribution in [-0.2, 0) is 20.0 Å². The second-order valence-corrected chi connectivity index (χ2v) is 7.79. The molecule has 1 fully saturated rings. The van der Waals surface area contributed by atoms with E-state index < -0.39 is 0 Å². The van der Waals surface area contributed by atoms with Crippen LogP contribution < -0.4 is 5.32 Å². The Labute approximate surface area is 170 Å². The number of rotatable bonds is 5. The lowest BCUT2D eigenvalue weighted by Gasteiger charge is -2.21. The number of furan rings is 1. The van der Waals surface area contributed by atoms with Gasteiger partial charge in [-0.05, 0) is 56.4 Å². The Balaban J connectivity index is 1.46. The summed E-state index contributed by atoms with van der Waals surface area (Å²) >= 11 is 0. The largest absolute Gasteiger partial charge is 0.459 e. The third kappa shape index (κ3) is 4.28. The normalized spacial score (nSPS) is 17.4. The first-order valence-electron chi connectivity index (χ1n) is 10.2. The molecule has 154 valence electrons. The summed E-state index contributed by atoms with van der Waals surface area (Å²) in [5.41, 5.74) is 2.94. The predicted molar refractivity (Wildman–Crippen MR) is 112 cm³/mol. The summed E-state index contributed by atoms with van der Waals surface area (Å²) in [6.45, 7) is 7.25. The van der Waals surface area contributed by atoms with Crippen molar-refractivity contribution in [3.63, 3.8) is 0 Å². The molecule has 1 saturated heterocycles. The molecule has 1 unspecified atom stereocenters. The van der Waals surface area contributed by atoms with Crippen LogP contribution in [0.25, 0.3) is 11.0 Å². The smallest absolute Gasteiger partial charge is 0.194 e. The zero-order valence-electron chi connectivity index (χ0n) is 17.3. The van der Waals surface area contributed by atoms with Gasteiger partial charge in [0.25, 0.3) is 0 Å². The predicted octanol–water partition coefficient (Wildman–Crippen LogP) is 3.64. The van der Waals surface area contributed by atoms with Crippen LogP contribution in [0, 0.1) is 18.7 Å². The molecule has 3 heterocycles. The fourth-order valence-electron chi connectivity index (χ4n) is 4.07. The maximum Gasteiger partial charge on any atom is 0.194 e. The number of likely N-dealkylation sites (tertiary alicyclic amines) is 1. The van der Waals surface area contributed by atoms with Gasteiger partial charge in [-0.15, -0.1) is 0 Å². The van der Waals surface area contributed by atoms with Crippen LogP contribution in [0.1, 0.15) is 30.2 Å². The number of guanidine groups is 1. The molecule has 1 N–H and O–H groups in total. The number of halogens is 1. The molecule has 0 radical (unpaired) electrons. The third-order valence-electron chi connectivity index (χ3n) is 5.57. The molecule has 3 aromatic rings. The van der Waals surface area contributed by atoms with Gasteiger partial charge in [0, 0.05) is 43.8 Å². The van der Waals surface area contributed by atoms with Crippen molar-refractivity contribution in [3.05, 3.63) is 53.3 Å². The van der Waals surface area contributed by atoms with Gasteiger partial charge in [-0.1, -0.05) is 0 Å². The van der Waals surface area contributed by atoms with E-state index >= 15 is 0 Å². The van der Waals surface area contributed by atoms with Crippen molar-refractivity contribution in [2.24, 2.45) is 18.0 Å². The van der Waals surface area contributed by atoms with E-state index in [0.717, 1.165) is 55.1 Å². The first kappa shape index (κ1) is 19.5. The first-order valence-corrected chi connectivity index (χ1v) is 10.2. The molecule has 0 saturated carbocycles. The van der Waals surface area contributed by atoms with Crippen LogP contribution in [0.2, 0.25) is 0 Å². The highest BCUT2D eigenvalue weighted by Gasteiger charge is 2.25. The number of benzene rings is 1. The number of nitrogens with one attached hydrogen (secondary N) is 1. The minimum Gasteiger partial charge on any atom is -0.459 e. The van der Waals surface area contributed by atoms with Crippen LogP contribution in [0.3, 0.4) is 0 Å². The standard InChI is InChI=1S/C22H28FN5O/c1-4-24-22(28-8-7-16(14-28)9-17-11-26-27(3)13-17)25-12-21-15(2)19-10-18(23)5-6-20(19)29-21/h5-6,10-11,13,16H,4,7-9,12,14H2,1-3H3,(H,24,25). The van der Waals surface area contributed by atoms with E-state index in [1.54, 1.807) is 6.07 Å². The van der Waals surface area contributed by atoms with E-state index in [1.165, 1.54) is 17.7 Å². The summed E-state index contributed by atoms with van der Waals surface area (Å²) < 4.78 is 21.3. The Morgan fingerprint density at radius 3 is 3.03 bits per heavy atom. The average Bonchev–Trinajstić information content (AvgIpc) is 3.40. The van der Waals surface area contributed by atoms with Gasteiger partial charge < -0.3 is 14.6 Å². The summed E-state index contributed by atoms with van der Waals surface area (Å²) in [5.74, 6) is 2.04. The maximum atomic E-state index is 13.5. The molecule has 0 aliphatic carbocycles. The molecule has 1 aromatic carbocycles. The fraction of sp³-hybridized carbons (Fsp3) is 0.455. The Morgan fingerprint density at radius 1 is 1.41 bits per heavy atom. The summed E-state index contributed by atoms with van der Waals surface area (Å²) in [6.07, 6.45) is 6.23. The average molecular weight is 397 g/mol. The summed E-state index contributed by atoms with van der Waals surface area (Å²) in [6, 6.07) is 4.63. The highest BCUT2D eigenvalue weighted by atomic mass is 19.1. The van der Waals surface area contributed by atoms with E-state index in [-0.39, 0.29) is 5.82 Å². The molecule has 0 spiro atoms. The van der Waals surface area contributed by atoms with Crippen molar-refractivity contribution in [2.45, 2.75) is 33.2 Å². The molecule has 0 bridgehead atoms. The fourth-order valence-corrected chi connectivity index (χ4v) is 4.07. The van der Waals surface area contributed by atoms with Crippen LogP contribution in [-0.4, -0.2) is 40.3 Å². The molecular formula is C22H28FN5O. The van der Waals surface area contributed by atoms with Gasteiger partial charge in [0.15, 0.2) is 5.96 Å². The number of aliphatic imine (C=N–C) groups is 1. The van der Waals surface area contributed by atoms with Crippen LogP contribution >= 0.6 is 0 Å². The third-order valence-corrected chi connectivity index (χ3v) is 5.57. The van der Waals surface area contributed by atoms with E-state index in [9.17, 15) is 4.39 Å². The number of nitrogens with zero attached hydrogens (tertiary/aromatic N) is 4. The topological polar surface area (TPSA) is 58.6 Å². The molecule has 1 aliphatic heterocycles. The van der Waals surface area contributed by atoms with Crippen molar-refractivity contribution in [1.82, 2.24) is 20.0 Å². The van der Waals surface area contributed by atoms with Gasteiger partial charge in [0.1, 0.15) is 23.7 Å². The highest BCUT2D eigenvalue weighted by Crippen LogP contribution is 2.27. The van der Waals surface area contributed by atoms with Crippen molar-refractivity contribution in [3.8, 4) is 0 Å².